The molecular weight excluding hydrogens is 278 g/mol. The molecule has 2 amide bonds. The van der Waals surface area contributed by atoms with Gasteiger partial charge in [0.05, 0.1) is 23.9 Å². The summed E-state index contributed by atoms with van der Waals surface area (Å²) < 4.78 is 0. The summed E-state index contributed by atoms with van der Waals surface area (Å²) in [6.45, 7) is 9.90. The lowest BCUT2D eigenvalue weighted by molar-refractivity contribution is 0.161. The van der Waals surface area contributed by atoms with Crippen LogP contribution in [0.4, 0.5) is 4.79 Å². The van der Waals surface area contributed by atoms with E-state index in [0.717, 1.165) is 24.1 Å². The van der Waals surface area contributed by atoms with Gasteiger partial charge in [0.25, 0.3) is 0 Å². The van der Waals surface area contributed by atoms with E-state index in [2.05, 4.69) is 29.5 Å². The van der Waals surface area contributed by atoms with Crippen molar-refractivity contribution >= 4 is 6.03 Å². The standard InChI is InChI=1S/C17H29N3O2/c1-6-9-17(5,11-21)20-16(22)19-14(12(2)3)15-13(4)8-7-10-18-15/h7-8,10,12,14,21H,6,9,11H2,1-5H3,(H2,19,20,22). The molecular formula is C17H29N3O2. The number of hydrogen-bond donors (Lipinski definition) is 3. The first-order chi connectivity index (χ1) is 10.3. The van der Waals surface area contributed by atoms with E-state index >= 15 is 0 Å². The Morgan fingerprint density at radius 3 is 2.64 bits per heavy atom. The molecule has 0 aliphatic heterocycles. The van der Waals surface area contributed by atoms with Crippen LogP contribution >= 0.6 is 0 Å². The van der Waals surface area contributed by atoms with E-state index in [0.29, 0.717) is 0 Å². The number of hydrogen-bond acceptors (Lipinski definition) is 3. The molecule has 0 saturated heterocycles. The molecule has 5 nitrogen and oxygen atoms in total. The van der Waals surface area contributed by atoms with Gasteiger partial charge in [0.15, 0.2) is 0 Å². The van der Waals surface area contributed by atoms with Crippen molar-refractivity contribution < 1.29 is 9.90 Å². The van der Waals surface area contributed by atoms with E-state index in [1.54, 1.807) is 6.20 Å². The smallest absolute Gasteiger partial charge is 0.315 e. The van der Waals surface area contributed by atoms with Crippen molar-refractivity contribution in [2.75, 3.05) is 6.61 Å². The third kappa shape index (κ3) is 4.98. The largest absolute Gasteiger partial charge is 0.394 e. The van der Waals surface area contributed by atoms with Crippen LogP contribution in [0.15, 0.2) is 18.3 Å². The zero-order valence-corrected chi connectivity index (χ0v) is 14.3. The fourth-order valence-electron chi connectivity index (χ4n) is 2.56. The number of rotatable bonds is 7. The van der Waals surface area contributed by atoms with Crippen LogP contribution in [0.5, 0.6) is 0 Å². The lowest BCUT2D eigenvalue weighted by atomic mass is 9.96. The Morgan fingerprint density at radius 2 is 2.14 bits per heavy atom. The van der Waals surface area contributed by atoms with Crippen LogP contribution in [0, 0.1) is 12.8 Å². The Labute approximate surface area is 133 Å². The summed E-state index contributed by atoms with van der Waals surface area (Å²) in [5.74, 6) is 0.214. The quantitative estimate of drug-likeness (QED) is 0.725. The fraction of sp³-hybridized carbons (Fsp3) is 0.647. The molecule has 1 aromatic heterocycles. The van der Waals surface area contributed by atoms with E-state index in [9.17, 15) is 9.90 Å². The number of amides is 2. The summed E-state index contributed by atoms with van der Waals surface area (Å²) in [6, 6.07) is 3.45. The van der Waals surface area contributed by atoms with Gasteiger partial charge < -0.3 is 15.7 Å². The molecule has 2 atom stereocenters. The number of pyridine rings is 1. The van der Waals surface area contributed by atoms with E-state index in [4.69, 9.17) is 0 Å². The first-order valence-electron chi connectivity index (χ1n) is 7.94. The Bertz CT molecular complexity index is 491. The van der Waals surface area contributed by atoms with Crippen molar-refractivity contribution in [2.24, 2.45) is 5.92 Å². The Balaban J connectivity index is 2.84. The maximum atomic E-state index is 12.3. The van der Waals surface area contributed by atoms with Crippen LogP contribution in [-0.4, -0.2) is 28.3 Å². The van der Waals surface area contributed by atoms with Crippen LogP contribution in [0.2, 0.25) is 0 Å². The van der Waals surface area contributed by atoms with Crippen LogP contribution in [0.3, 0.4) is 0 Å². The molecule has 0 saturated carbocycles. The monoisotopic (exact) mass is 307 g/mol. The SMILES string of the molecule is CCCC(C)(CO)NC(=O)NC(c1ncccc1C)C(C)C. The van der Waals surface area contributed by atoms with E-state index in [-0.39, 0.29) is 24.6 Å². The predicted molar refractivity (Wildman–Crippen MR) is 88.6 cm³/mol. The number of nitrogens with one attached hydrogen (secondary N) is 2. The minimum absolute atomic E-state index is 0.0801. The van der Waals surface area contributed by atoms with E-state index in [1.807, 2.05) is 32.9 Å². The molecule has 0 fully saturated rings. The maximum absolute atomic E-state index is 12.3. The molecule has 1 aromatic rings. The highest BCUT2D eigenvalue weighted by Crippen LogP contribution is 2.22. The zero-order valence-electron chi connectivity index (χ0n) is 14.3. The van der Waals surface area contributed by atoms with Crippen molar-refractivity contribution in [1.82, 2.24) is 15.6 Å². The molecule has 0 aliphatic rings. The minimum atomic E-state index is -0.598. The molecule has 124 valence electrons. The summed E-state index contributed by atoms with van der Waals surface area (Å²) in [5.41, 5.74) is 1.34. The Morgan fingerprint density at radius 1 is 1.45 bits per heavy atom. The van der Waals surface area contributed by atoms with Gasteiger partial charge in [-0.15, -0.1) is 0 Å². The number of urea groups is 1. The molecule has 0 aliphatic carbocycles. The molecule has 5 heteroatoms. The normalized spacial score (nSPS) is 15.2. The molecule has 2 unspecified atom stereocenters. The van der Waals surface area contributed by atoms with Gasteiger partial charge in [-0.05, 0) is 37.8 Å². The van der Waals surface area contributed by atoms with Crippen LogP contribution in [0.1, 0.15) is 57.8 Å². The van der Waals surface area contributed by atoms with Gasteiger partial charge in [0.1, 0.15) is 0 Å². The number of aryl methyl sites for hydroxylation is 1. The van der Waals surface area contributed by atoms with Crippen molar-refractivity contribution in [3.63, 3.8) is 0 Å². The van der Waals surface area contributed by atoms with Gasteiger partial charge in [-0.2, -0.15) is 0 Å². The summed E-state index contributed by atoms with van der Waals surface area (Å²) >= 11 is 0. The number of aliphatic hydroxyl groups excluding tert-OH is 1. The van der Waals surface area contributed by atoms with Gasteiger partial charge in [-0.1, -0.05) is 33.3 Å². The summed E-state index contributed by atoms with van der Waals surface area (Å²) in [5, 5.41) is 15.4. The van der Waals surface area contributed by atoms with E-state index in [1.165, 1.54) is 0 Å². The second kappa shape index (κ2) is 8.13. The van der Waals surface area contributed by atoms with Crippen molar-refractivity contribution in [2.45, 2.75) is 59.0 Å². The number of nitrogens with zero attached hydrogens (tertiary/aromatic N) is 1. The molecule has 3 N–H and O–H groups in total. The third-order valence-corrected chi connectivity index (χ3v) is 3.86. The van der Waals surface area contributed by atoms with Gasteiger partial charge in [0, 0.05) is 6.20 Å². The van der Waals surface area contributed by atoms with E-state index < -0.39 is 5.54 Å². The molecule has 22 heavy (non-hydrogen) atoms. The molecule has 1 rings (SSSR count). The highest BCUT2D eigenvalue weighted by atomic mass is 16.3. The number of carbonyl (C=O) groups excluding carboxylic acids is 1. The Hall–Kier alpha value is -1.62. The highest BCUT2D eigenvalue weighted by molar-refractivity contribution is 5.75. The van der Waals surface area contributed by atoms with Crippen LogP contribution in [-0.2, 0) is 0 Å². The summed E-state index contributed by atoms with van der Waals surface area (Å²) in [6.07, 6.45) is 3.36. The number of aromatic nitrogens is 1. The maximum Gasteiger partial charge on any atom is 0.315 e. The molecule has 0 spiro atoms. The first kappa shape index (κ1) is 18.4. The number of aliphatic hydroxyl groups is 1. The van der Waals surface area contributed by atoms with Gasteiger partial charge in [-0.25, -0.2) is 4.79 Å². The van der Waals surface area contributed by atoms with Crippen LogP contribution in [0.25, 0.3) is 0 Å². The van der Waals surface area contributed by atoms with Crippen LogP contribution < -0.4 is 10.6 Å². The van der Waals surface area contributed by atoms with Gasteiger partial charge in [-0.3, -0.25) is 4.98 Å². The van der Waals surface area contributed by atoms with Crippen molar-refractivity contribution in [3.8, 4) is 0 Å². The Kier molecular flexibility index (Phi) is 6.81. The van der Waals surface area contributed by atoms with Gasteiger partial charge >= 0.3 is 6.03 Å². The summed E-state index contributed by atoms with van der Waals surface area (Å²) in [4.78, 5) is 16.7. The fourth-order valence-corrected chi connectivity index (χ4v) is 2.56. The first-order valence-corrected chi connectivity index (χ1v) is 7.94. The molecule has 0 radical (unpaired) electrons. The molecule has 0 aromatic carbocycles. The topological polar surface area (TPSA) is 74.2 Å². The predicted octanol–water partition coefficient (Wildman–Crippen LogP) is 2.94. The lowest BCUT2D eigenvalue weighted by Crippen LogP contribution is -2.53. The molecule has 0 bridgehead atoms. The second-order valence-corrected chi connectivity index (χ2v) is 6.49. The third-order valence-electron chi connectivity index (χ3n) is 3.86. The van der Waals surface area contributed by atoms with Crippen molar-refractivity contribution in [3.05, 3.63) is 29.6 Å². The second-order valence-electron chi connectivity index (χ2n) is 6.49. The minimum Gasteiger partial charge on any atom is -0.394 e. The van der Waals surface area contributed by atoms with Crippen molar-refractivity contribution in [1.29, 1.82) is 0 Å². The highest BCUT2D eigenvalue weighted by Gasteiger charge is 2.27. The average molecular weight is 307 g/mol. The number of carbonyl (C=O) groups is 1. The molecule has 1 heterocycles. The summed E-state index contributed by atoms with van der Waals surface area (Å²) in [7, 11) is 0. The lowest BCUT2D eigenvalue weighted by Gasteiger charge is -2.31. The zero-order chi connectivity index (χ0) is 16.8. The average Bonchev–Trinajstić information content (AvgIpc) is 2.45. The van der Waals surface area contributed by atoms with Gasteiger partial charge in [0.2, 0.25) is 0 Å².